The van der Waals surface area contributed by atoms with E-state index in [1.165, 1.54) is 6.07 Å². The minimum atomic E-state index is -4.32. The molecule has 0 aliphatic heterocycles. The maximum Gasteiger partial charge on any atom is 0.416 e. The summed E-state index contributed by atoms with van der Waals surface area (Å²) in [5.74, 6) is 0. The van der Waals surface area contributed by atoms with E-state index < -0.39 is 11.7 Å². The van der Waals surface area contributed by atoms with Crippen LogP contribution in [-0.2, 0) is 6.18 Å². The van der Waals surface area contributed by atoms with Crippen molar-refractivity contribution in [3.63, 3.8) is 0 Å². The summed E-state index contributed by atoms with van der Waals surface area (Å²) in [4.78, 5) is 0. The fourth-order valence-corrected chi connectivity index (χ4v) is 2.12. The maximum atomic E-state index is 12.6. The van der Waals surface area contributed by atoms with Crippen LogP contribution in [0, 0.1) is 0 Å². The van der Waals surface area contributed by atoms with Crippen molar-refractivity contribution in [2.45, 2.75) is 38.4 Å². The van der Waals surface area contributed by atoms with Crippen molar-refractivity contribution < 1.29 is 13.2 Å². The van der Waals surface area contributed by atoms with E-state index in [-0.39, 0.29) is 18.4 Å². The highest BCUT2D eigenvalue weighted by Crippen LogP contribution is 2.34. The molecule has 0 amide bonds. The molecule has 1 aromatic rings. The summed E-state index contributed by atoms with van der Waals surface area (Å²) < 4.78 is 38.3. The lowest BCUT2D eigenvalue weighted by Gasteiger charge is -2.16. The normalized spacial score (nSPS) is 13.0. The Balaban J connectivity index is 0.00000289. The average molecular weight is 347 g/mol. The highest BCUT2D eigenvalue weighted by atomic mass is 79.9. The van der Waals surface area contributed by atoms with Crippen LogP contribution in [0.2, 0.25) is 0 Å². The van der Waals surface area contributed by atoms with Gasteiger partial charge in [0.2, 0.25) is 0 Å². The van der Waals surface area contributed by atoms with Gasteiger partial charge in [-0.2, -0.15) is 13.2 Å². The van der Waals surface area contributed by atoms with Gasteiger partial charge >= 0.3 is 6.18 Å². The second kappa shape index (κ2) is 7.36. The third-order valence-electron chi connectivity index (χ3n) is 2.59. The van der Waals surface area contributed by atoms with Gasteiger partial charge in [0.05, 0.1) is 5.56 Å². The first-order valence-electron chi connectivity index (χ1n) is 5.48. The zero-order valence-electron chi connectivity index (χ0n) is 9.93. The van der Waals surface area contributed by atoms with Crippen LogP contribution in [0.1, 0.15) is 43.4 Å². The third-order valence-corrected chi connectivity index (χ3v) is 3.31. The standard InChI is InChI=1S/C12H15BrF3N.ClH/c1-2-3-4-11(17)9-7-8(12(14,15)16)5-6-10(9)13;/h5-7,11H,2-4,17H2,1H3;1H/t11-;/m0./s1. The highest BCUT2D eigenvalue weighted by molar-refractivity contribution is 9.10. The summed E-state index contributed by atoms with van der Waals surface area (Å²) >= 11 is 3.24. The second-order valence-electron chi connectivity index (χ2n) is 3.98. The molecule has 0 fully saturated rings. The Labute approximate surface area is 119 Å². The Kier molecular flexibility index (Phi) is 7.25. The molecule has 6 heteroatoms. The monoisotopic (exact) mass is 345 g/mol. The van der Waals surface area contributed by atoms with E-state index >= 15 is 0 Å². The predicted octanol–water partition coefficient (Wildman–Crippen LogP) is 5.08. The topological polar surface area (TPSA) is 26.0 Å². The van der Waals surface area contributed by atoms with Gasteiger partial charge in [0, 0.05) is 10.5 Å². The molecule has 0 saturated heterocycles. The summed E-state index contributed by atoms with van der Waals surface area (Å²) in [6, 6.07) is 3.24. The molecule has 1 rings (SSSR count). The first kappa shape index (κ1) is 17.7. The van der Waals surface area contributed by atoms with E-state index in [4.69, 9.17) is 5.73 Å². The van der Waals surface area contributed by atoms with Crippen LogP contribution in [0.4, 0.5) is 13.2 Å². The van der Waals surface area contributed by atoms with E-state index in [0.29, 0.717) is 16.5 Å². The summed E-state index contributed by atoms with van der Waals surface area (Å²) in [5, 5.41) is 0. The van der Waals surface area contributed by atoms with E-state index in [2.05, 4.69) is 15.9 Å². The van der Waals surface area contributed by atoms with Crippen LogP contribution in [0.25, 0.3) is 0 Å². The molecule has 2 N–H and O–H groups in total. The van der Waals surface area contributed by atoms with E-state index in [1.807, 2.05) is 6.92 Å². The zero-order chi connectivity index (χ0) is 13.1. The molecule has 1 nitrogen and oxygen atoms in total. The van der Waals surface area contributed by atoms with Gasteiger partial charge in [-0.3, -0.25) is 0 Å². The number of alkyl halides is 3. The van der Waals surface area contributed by atoms with Gasteiger partial charge in [0.15, 0.2) is 0 Å². The number of hydrogen-bond donors (Lipinski definition) is 1. The molecule has 104 valence electrons. The van der Waals surface area contributed by atoms with Gasteiger partial charge in [-0.25, -0.2) is 0 Å². The third kappa shape index (κ3) is 4.78. The van der Waals surface area contributed by atoms with Crippen molar-refractivity contribution in [2.75, 3.05) is 0 Å². The Morgan fingerprint density at radius 1 is 1.33 bits per heavy atom. The summed E-state index contributed by atoms with van der Waals surface area (Å²) in [6.07, 6.45) is -1.75. The van der Waals surface area contributed by atoms with Gasteiger partial charge in [0.25, 0.3) is 0 Å². The van der Waals surface area contributed by atoms with Crippen LogP contribution in [0.3, 0.4) is 0 Å². The molecule has 0 aromatic heterocycles. The van der Waals surface area contributed by atoms with Crippen molar-refractivity contribution in [2.24, 2.45) is 5.73 Å². The molecule has 0 bridgehead atoms. The van der Waals surface area contributed by atoms with Crippen LogP contribution in [0.5, 0.6) is 0 Å². The first-order valence-corrected chi connectivity index (χ1v) is 6.27. The Morgan fingerprint density at radius 3 is 2.44 bits per heavy atom. The van der Waals surface area contributed by atoms with Crippen molar-refractivity contribution in [1.82, 2.24) is 0 Å². The van der Waals surface area contributed by atoms with Crippen molar-refractivity contribution in [3.8, 4) is 0 Å². The lowest BCUT2D eigenvalue weighted by molar-refractivity contribution is -0.137. The van der Waals surface area contributed by atoms with Gasteiger partial charge in [0.1, 0.15) is 0 Å². The number of hydrogen-bond acceptors (Lipinski definition) is 1. The fraction of sp³-hybridized carbons (Fsp3) is 0.500. The SMILES string of the molecule is CCCC[C@H](N)c1cc(C(F)(F)F)ccc1Br.Cl. The lowest BCUT2D eigenvalue weighted by atomic mass is 10.00. The molecule has 1 aromatic carbocycles. The van der Waals surface area contributed by atoms with Crippen LogP contribution >= 0.6 is 28.3 Å². The van der Waals surface area contributed by atoms with Gasteiger partial charge in [-0.05, 0) is 30.2 Å². The smallest absolute Gasteiger partial charge is 0.324 e. The molecule has 0 saturated carbocycles. The van der Waals surface area contributed by atoms with Gasteiger partial charge in [-0.1, -0.05) is 35.7 Å². The van der Waals surface area contributed by atoms with Crippen LogP contribution in [-0.4, -0.2) is 0 Å². The van der Waals surface area contributed by atoms with Crippen LogP contribution in [0.15, 0.2) is 22.7 Å². The molecule has 0 heterocycles. The molecular weight excluding hydrogens is 330 g/mol. The zero-order valence-corrected chi connectivity index (χ0v) is 12.3. The lowest BCUT2D eigenvalue weighted by Crippen LogP contribution is -2.13. The molecule has 1 atom stereocenters. The minimum absolute atomic E-state index is 0. The van der Waals surface area contributed by atoms with Crippen LogP contribution < -0.4 is 5.73 Å². The largest absolute Gasteiger partial charge is 0.416 e. The number of rotatable bonds is 4. The van der Waals surface area contributed by atoms with Gasteiger partial charge in [-0.15, -0.1) is 12.4 Å². The highest BCUT2D eigenvalue weighted by Gasteiger charge is 2.31. The molecule has 0 aliphatic carbocycles. The Bertz CT molecular complexity index is 382. The van der Waals surface area contributed by atoms with Crippen molar-refractivity contribution >= 4 is 28.3 Å². The second-order valence-corrected chi connectivity index (χ2v) is 4.84. The molecule has 0 spiro atoms. The number of benzene rings is 1. The molecule has 0 radical (unpaired) electrons. The summed E-state index contributed by atoms with van der Waals surface area (Å²) in [7, 11) is 0. The molecule has 18 heavy (non-hydrogen) atoms. The Hall–Kier alpha value is -0.260. The summed E-state index contributed by atoms with van der Waals surface area (Å²) in [6.45, 7) is 2.02. The van der Waals surface area contributed by atoms with E-state index in [1.54, 1.807) is 0 Å². The number of unbranched alkanes of at least 4 members (excludes halogenated alkanes) is 1. The number of nitrogens with two attached hydrogens (primary N) is 1. The minimum Gasteiger partial charge on any atom is -0.324 e. The number of halogens is 5. The van der Waals surface area contributed by atoms with Crippen molar-refractivity contribution in [3.05, 3.63) is 33.8 Å². The average Bonchev–Trinajstić information content (AvgIpc) is 2.24. The van der Waals surface area contributed by atoms with E-state index in [0.717, 1.165) is 25.0 Å². The Morgan fingerprint density at radius 2 is 1.94 bits per heavy atom. The predicted molar refractivity (Wildman–Crippen MR) is 72.8 cm³/mol. The first-order chi connectivity index (χ1) is 7.86. The molecular formula is C12H16BrClF3N. The molecule has 0 unspecified atom stereocenters. The quantitative estimate of drug-likeness (QED) is 0.808. The summed E-state index contributed by atoms with van der Waals surface area (Å²) in [5.41, 5.74) is 5.77. The van der Waals surface area contributed by atoms with E-state index in [9.17, 15) is 13.2 Å². The van der Waals surface area contributed by atoms with Gasteiger partial charge < -0.3 is 5.73 Å². The fourth-order valence-electron chi connectivity index (χ4n) is 1.58. The maximum absolute atomic E-state index is 12.6. The van der Waals surface area contributed by atoms with Crippen molar-refractivity contribution in [1.29, 1.82) is 0 Å². The molecule has 0 aliphatic rings.